The highest BCUT2D eigenvalue weighted by atomic mass is 32.2. The van der Waals surface area contributed by atoms with Gasteiger partial charge in [-0.15, -0.1) is 0 Å². The van der Waals surface area contributed by atoms with Gasteiger partial charge in [-0.1, -0.05) is 39.2 Å². The van der Waals surface area contributed by atoms with Crippen molar-refractivity contribution in [2.24, 2.45) is 5.92 Å². The van der Waals surface area contributed by atoms with Gasteiger partial charge in [0, 0.05) is 11.6 Å². The number of benzene rings is 1. The average molecular weight is 323 g/mol. The zero-order chi connectivity index (χ0) is 16.2. The van der Waals surface area contributed by atoms with Crippen LogP contribution >= 0.6 is 0 Å². The van der Waals surface area contributed by atoms with Gasteiger partial charge in [0.2, 0.25) is 5.91 Å². The van der Waals surface area contributed by atoms with Gasteiger partial charge in [0.25, 0.3) is 0 Å². The van der Waals surface area contributed by atoms with Crippen LogP contribution in [-0.4, -0.2) is 19.6 Å². The van der Waals surface area contributed by atoms with Crippen LogP contribution in [0.5, 0.6) is 0 Å². The smallest absolute Gasteiger partial charge is 0.227 e. The van der Waals surface area contributed by atoms with Crippen molar-refractivity contribution in [3.8, 4) is 0 Å². The van der Waals surface area contributed by atoms with E-state index in [1.54, 1.807) is 24.3 Å². The molecule has 1 atom stereocenters. The Hall–Kier alpha value is -1.36. The van der Waals surface area contributed by atoms with Crippen LogP contribution in [0.25, 0.3) is 0 Å². The second-order valence-electron chi connectivity index (χ2n) is 6.16. The first kappa shape index (κ1) is 17.0. The summed E-state index contributed by atoms with van der Waals surface area (Å²) in [6, 6.07) is 6.65. The van der Waals surface area contributed by atoms with Crippen molar-refractivity contribution < 1.29 is 13.2 Å². The minimum absolute atomic E-state index is 0.0581. The maximum Gasteiger partial charge on any atom is 0.227 e. The molecule has 1 saturated carbocycles. The fourth-order valence-corrected chi connectivity index (χ4v) is 4.87. The molecule has 2 rings (SSSR count). The quantitative estimate of drug-likeness (QED) is 0.866. The highest BCUT2D eigenvalue weighted by Crippen LogP contribution is 2.30. The van der Waals surface area contributed by atoms with Crippen LogP contribution in [0.2, 0.25) is 0 Å². The zero-order valence-corrected chi connectivity index (χ0v) is 14.2. The summed E-state index contributed by atoms with van der Waals surface area (Å²) in [5.41, 5.74) is 0.562. The highest BCUT2D eigenvalue weighted by Gasteiger charge is 2.30. The molecule has 0 aliphatic heterocycles. The molecule has 5 heteroatoms. The summed E-state index contributed by atoms with van der Waals surface area (Å²) in [5, 5.41) is 2.56. The molecule has 1 fully saturated rings. The number of sulfone groups is 1. The van der Waals surface area contributed by atoms with Crippen LogP contribution in [0.15, 0.2) is 29.2 Å². The summed E-state index contributed by atoms with van der Waals surface area (Å²) in [4.78, 5) is 12.4. The van der Waals surface area contributed by atoms with Crippen molar-refractivity contribution in [3.05, 3.63) is 24.3 Å². The molecular weight excluding hydrogens is 298 g/mol. The molecule has 4 nitrogen and oxygen atoms in total. The van der Waals surface area contributed by atoms with E-state index in [0.29, 0.717) is 10.6 Å². The first-order chi connectivity index (χ1) is 10.4. The Labute approximate surface area is 133 Å². The van der Waals surface area contributed by atoms with Crippen molar-refractivity contribution >= 4 is 21.4 Å². The Balaban J connectivity index is 2.14. The molecule has 0 radical (unpaired) electrons. The van der Waals surface area contributed by atoms with Crippen molar-refractivity contribution in [1.82, 2.24) is 0 Å². The van der Waals surface area contributed by atoms with Crippen molar-refractivity contribution in [3.63, 3.8) is 0 Å². The second kappa shape index (κ2) is 7.27. The van der Waals surface area contributed by atoms with Crippen LogP contribution < -0.4 is 5.32 Å². The number of nitrogens with one attached hydrogen (secondary N) is 1. The van der Waals surface area contributed by atoms with Gasteiger partial charge >= 0.3 is 0 Å². The molecule has 1 amide bonds. The van der Waals surface area contributed by atoms with Crippen LogP contribution in [0.4, 0.5) is 5.69 Å². The molecule has 0 spiro atoms. The molecule has 0 bridgehead atoms. The Bertz CT molecular complexity index is 619. The molecule has 1 aliphatic rings. The predicted molar refractivity (Wildman–Crippen MR) is 88.6 cm³/mol. The number of hydrogen-bond donors (Lipinski definition) is 1. The molecule has 1 aliphatic carbocycles. The SMILES string of the molecule is CCCC(C)C(=O)Nc1cccc(S(=O)(=O)C2CCCC2)c1. The lowest BCUT2D eigenvalue weighted by Crippen LogP contribution is -2.21. The lowest BCUT2D eigenvalue weighted by Gasteiger charge is -2.14. The van der Waals surface area contributed by atoms with E-state index in [1.165, 1.54) is 0 Å². The van der Waals surface area contributed by atoms with E-state index in [-0.39, 0.29) is 17.1 Å². The summed E-state index contributed by atoms with van der Waals surface area (Å²) >= 11 is 0. The monoisotopic (exact) mass is 323 g/mol. The van der Waals surface area contributed by atoms with E-state index >= 15 is 0 Å². The predicted octanol–water partition coefficient (Wildman–Crippen LogP) is 3.78. The lowest BCUT2D eigenvalue weighted by atomic mass is 10.1. The normalized spacial score (nSPS) is 17.4. The van der Waals surface area contributed by atoms with Crippen LogP contribution in [-0.2, 0) is 14.6 Å². The number of amides is 1. The zero-order valence-electron chi connectivity index (χ0n) is 13.3. The highest BCUT2D eigenvalue weighted by molar-refractivity contribution is 7.92. The van der Waals surface area contributed by atoms with Gasteiger partial charge in [0.05, 0.1) is 10.1 Å². The summed E-state index contributed by atoms with van der Waals surface area (Å²) in [6.45, 7) is 3.93. The molecule has 1 N–H and O–H groups in total. The minimum Gasteiger partial charge on any atom is -0.326 e. The number of anilines is 1. The van der Waals surface area contributed by atoms with E-state index in [4.69, 9.17) is 0 Å². The Morgan fingerprint density at radius 1 is 1.32 bits per heavy atom. The van der Waals surface area contributed by atoms with Gasteiger partial charge < -0.3 is 5.32 Å². The molecule has 1 unspecified atom stereocenters. The van der Waals surface area contributed by atoms with E-state index in [2.05, 4.69) is 5.32 Å². The molecule has 122 valence electrons. The maximum absolute atomic E-state index is 12.6. The molecule has 22 heavy (non-hydrogen) atoms. The van der Waals surface area contributed by atoms with Gasteiger partial charge in [-0.25, -0.2) is 8.42 Å². The first-order valence-electron chi connectivity index (χ1n) is 8.10. The lowest BCUT2D eigenvalue weighted by molar-refractivity contribution is -0.119. The average Bonchev–Trinajstić information content (AvgIpc) is 3.02. The van der Waals surface area contributed by atoms with Crippen LogP contribution in [0.1, 0.15) is 52.4 Å². The van der Waals surface area contributed by atoms with Gasteiger partial charge in [0.15, 0.2) is 9.84 Å². The molecule has 0 saturated heterocycles. The number of rotatable bonds is 6. The summed E-state index contributed by atoms with van der Waals surface area (Å²) in [6.07, 6.45) is 5.22. The molecule has 1 aromatic carbocycles. The molecule has 0 heterocycles. The van der Waals surface area contributed by atoms with Crippen LogP contribution in [0.3, 0.4) is 0 Å². The standard InChI is InChI=1S/C17H25NO3S/c1-3-7-13(2)17(19)18-14-8-6-11-16(12-14)22(20,21)15-9-4-5-10-15/h6,8,11-13,15H,3-5,7,9-10H2,1-2H3,(H,18,19). The van der Waals surface area contributed by atoms with Gasteiger partial charge in [-0.05, 0) is 37.5 Å². The minimum atomic E-state index is -3.28. The van der Waals surface area contributed by atoms with Gasteiger partial charge in [0.1, 0.15) is 0 Å². The Kier molecular flexibility index (Phi) is 5.62. The van der Waals surface area contributed by atoms with Crippen molar-refractivity contribution in [2.45, 2.75) is 62.5 Å². The third-order valence-corrected chi connectivity index (χ3v) is 6.60. The van der Waals surface area contributed by atoms with Crippen LogP contribution in [0, 0.1) is 5.92 Å². The maximum atomic E-state index is 12.6. The van der Waals surface area contributed by atoms with Crippen molar-refractivity contribution in [1.29, 1.82) is 0 Å². The Morgan fingerprint density at radius 2 is 2.00 bits per heavy atom. The summed E-state index contributed by atoms with van der Waals surface area (Å²) in [7, 11) is -3.28. The fourth-order valence-electron chi connectivity index (χ4n) is 2.97. The largest absolute Gasteiger partial charge is 0.326 e. The number of hydrogen-bond acceptors (Lipinski definition) is 3. The summed E-state index contributed by atoms with van der Waals surface area (Å²) in [5.74, 6) is -0.127. The fraction of sp³-hybridized carbons (Fsp3) is 0.588. The van der Waals surface area contributed by atoms with E-state index in [9.17, 15) is 13.2 Å². The second-order valence-corrected chi connectivity index (χ2v) is 8.39. The number of carbonyl (C=O) groups is 1. The topological polar surface area (TPSA) is 63.2 Å². The molecule has 0 aromatic heterocycles. The third kappa shape index (κ3) is 3.88. The Morgan fingerprint density at radius 3 is 2.64 bits per heavy atom. The van der Waals surface area contributed by atoms with E-state index in [0.717, 1.165) is 38.5 Å². The van der Waals surface area contributed by atoms with E-state index in [1.807, 2.05) is 13.8 Å². The van der Waals surface area contributed by atoms with Crippen molar-refractivity contribution in [2.75, 3.05) is 5.32 Å². The van der Waals surface area contributed by atoms with Gasteiger partial charge in [-0.2, -0.15) is 0 Å². The summed E-state index contributed by atoms with van der Waals surface area (Å²) < 4.78 is 25.2. The third-order valence-electron chi connectivity index (χ3n) is 4.34. The first-order valence-corrected chi connectivity index (χ1v) is 9.64. The number of carbonyl (C=O) groups excluding carboxylic acids is 1. The van der Waals surface area contributed by atoms with Gasteiger partial charge in [-0.3, -0.25) is 4.79 Å². The molecular formula is C17H25NO3S. The van der Waals surface area contributed by atoms with E-state index < -0.39 is 9.84 Å². The molecule has 1 aromatic rings.